The first kappa shape index (κ1) is 9.06. The monoisotopic (exact) mass is 188 g/mol. The Morgan fingerprint density at radius 3 is 3.00 bits per heavy atom. The number of carbonyl (C=O) groups is 1. The number of halogens is 1. The van der Waals surface area contributed by atoms with Crippen LogP contribution in [0.1, 0.15) is 19.4 Å². The largest absolute Gasteiger partial charge is 0.481 e. The molecule has 1 unspecified atom stereocenters. The molecule has 1 heterocycles. The molecular formula is C7H9ClN2O2. The van der Waals surface area contributed by atoms with Gasteiger partial charge in [-0.15, -0.1) is 0 Å². The smallest absolute Gasteiger partial charge is 0.305 e. The summed E-state index contributed by atoms with van der Waals surface area (Å²) in [6, 6.07) is 1.42. The van der Waals surface area contributed by atoms with Crippen LogP contribution in [-0.4, -0.2) is 20.9 Å². The molecule has 5 heteroatoms. The van der Waals surface area contributed by atoms with Gasteiger partial charge >= 0.3 is 5.97 Å². The van der Waals surface area contributed by atoms with Crippen molar-refractivity contribution in [3.63, 3.8) is 0 Å². The highest BCUT2D eigenvalue weighted by atomic mass is 35.5. The quantitative estimate of drug-likeness (QED) is 0.784. The maximum Gasteiger partial charge on any atom is 0.305 e. The summed E-state index contributed by atoms with van der Waals surface area (Å²) < 4.78 is 1.48. The number of nitrogens with zero attached hydrogens (tertiary/aromatic N) is 2. The minimum absolute atomic E-state index is 0.0292. The van der Waals surface area contributed by atoms with Crippen LogP contribution in [0, 0.1) is 0 Å². The maximum atomic E-state index is 10.3. The molecule has 0 saturated heterocycles. The Labute approximate surface area is 74.8 Å². The van der Waals surface area contributed by atoms with Crippen LogP contribution in [0.4, 0.5) is 0 Å². The zero-order valence-corrected chi connectivity index (χ0v) is 7.32. The van der Waals surface area contributed by atoms with Crippen molar-refractivity contribution >= 4 is 17.6 Å². The summed E-state index contributed by atoms with van der Waals surface area (Å²) in [5.41, 5.74) is 0. The van der Waals surface area contributed by atoms with Crippen LogP contribution >= 0.6 is 11.6 Å². The SMILES string of the molecule is CC(CC(=O)O)n1nccc1Cl. The van der Waals surface area contributed by atoms with E-state index in [1.807, 2.05) is 0 Å². The molecule has 12 heavy (non-hydrogen) atoms. The van der Waals surface area contributed by atoms with Crippen LogP contribution < -0.4 is 0 Å². The van der Waals surface area contributed by atoms with Crippen LogP contribution in [0.15, 0.2) is 12.3 Å². The molecule has 0 bridgehead atoms. The Hall–Kier alpha value is -1.03. The van der Waals surface area contributed by atoms with E-state index in [2.05, 4.69) is 5.10 Å². The van der Waals surface area contributed by atoms with Crippen molar-refractivity contribution in [2.75, 3.05) is 0 Å². The Balaban J connectivity index is 2.71. The second kappa shape index (κ2) is 3.58. The lowest BCUT2D eigenvalue weighted by molar-refractivity contribution is -0.137. The molecule has 0 aliphatic heterocycles. The highest BCUT2D eigenvalue weighted by Gasteiger charge is 2.11. The van der Waals surface area contributed by atoms with Crippen molar-refractivity contribution in [3.8, 4) is 0 Å². The molecule has 4 nitrogen and oxygen atoms in total. The van der Waals surface area contributed by atoms with E-state index in [0.717, 1.165) is 0 Å². The molecular weight excluding hydrogens is 180 g/mol. The van der Waals surface area contributed by atoms with Crippen molar-refractivity contribution in [1.82, 2.24) is 9.78 Å². The zero-order chi connectivity index (χ0) is 9.14. The summed E-state index contributed by atoms with van der Waals surface area (Å²) in [5.74, 6) is -0.853. The Morgan fingerprint density at radius 1 is 1.92 bits per heavy atom. The van der Waals surface area contributed by atoms with E-state index >= 15 is 0 Å². The van der Waals surface area contributed by atoms with Gasteiger partial charge in [0.05, 0.1) is 18.7 Å². The maximum absolute atomic E-state index is 10.3. The predicted octanol–water partition coefficient (Wildman–Crippen LogP) is 1.57. The van der Waals surface area contributed by atoms with Crippen molar-refractivity contribution in [2.45, 2.75) is 19.4 Å². The lowest BCUT2D eigenvalue weighted by atomic mass is 10.2. The van der Waals surface area contributed by atoms with E-state index in [4.69, 9.17) is 16.7 Å². The number of hydrogen-bond donors (Lipinski definition) is 1. The van der Waals surface area contributed by atoms with E-state index in [1.165, 1.54) is 4.68 Å². The molecule has 0 radical (unpaired) electrons. The first-order valence-corrected chi connectivity index (χ1v) is 3.90. The molecule has 0 aliphatic carbocycles. The van der Waals surface area contributed by atoms with Crippen LogP contribution in [0.2, 0.25) is 5.15 Å². The molecule has 0 amide bonds. The van der Waals surface area contributed by atoms with Gasteiger partial charge in [-0.05, 0) is 13.0 Å². The van der Waals surface area contributed by atoms with E-state index in [9.17, 15) is 4.79 Å². The van der Waals surface area contributed by atoms with Crippen molar-refractivity contribution in [2.24, 2.45) is 0 Å². The molecule has 66 valence electrons. The molecule has 0 fully saturated rings. The molecule has 1 atom stereocenters. The Bertz CT molecular complexity index is 285. The normalized spacial score (nSPS) is 12.8. The van der Waals surface area contributed by atoms with Crippen LogP contribution in [0.5, 0.6) is 0 Å². The fraction of sp³-hybridized carbons (Fsp3) is 0.429. The van der Waals surface area contributed by atoms with Crippen molar-refractivity contribution in [3.05, 3.63) is 17.4 Å². The topological polar surface area (TPSA) is 55.1 Å². The van der Waals surface area contributed by atoms with Gasteiger partial charge in [-0.1, -0.05) is 11.6 Å². The molecule has 0 saturated carbocycles. The van der Waals surface area contributed by atoms with Crippen LogP contribution in [0.25, 0.3) is 0 Å². The number of hydrogen-bond acceptors (Lipinski definition) is 2. The second-order valence-corrected chi connectivity index (χ2v) is 2.93. The molecule has 0 spiro atoms. The first-order valence-electron chi connectivity index (χ1n) is 3.52. The molecule has 0 aromatic carbocycles. The standard InChI is InChI=1S/C7H9ClN2O2/c1-5(4-7(11)12)10-6(8)2-3-9-10/h2-3,5H,4H2,1H3,(H,11,12). The summed E-state index contributed by atoms with van der Waals surface area (Å²) in [6.07, 6.45) is 1.57. The highest BCUT2D eigenvalue weighted by Crippen LogP contribution is 2.16. The van der Waals surface area contributed by atoms with Gasteiger partial charge in [0, 0.05) is 0 Å². The highest BCUT2D eigenvalue weighted by molar-refractivity contribution is 6.29. The molecule has 1 rings (SSSR count). The fourth-order valence-electron chi connectivity index (χ4n) is 0.962. The summed E-state index contributed by atoms with van der Waals surface area (Å²) in [4.78, 5) is 10.3. The number of rotatable bonds is 3. The number of aliphatic carboxylic acids is 1. The lowest BCUT2D eigenvalue weighted by Crippen LogP contribution is -2.11. The number of carboxylic acids is 1. The average Bonchev–Trinajstić information content (AvgIpc) is 2.33. The zero-order valence-electron chi connectivity index (χ0n) is 6.57. The Morgan fingerprint density at radius 2 is 2.58 bits per heavy atom. The number of aromatic nitrogens is 2. The minimum Gasteiger partial charge on any atom is -0.481 e. The van der Waals surface area contributed by atoms with Gasteiger partial charge in [0.2, 0.25) is 0 Å². The molecule has 1 aromatic rings. The third-order valence-electron chi connectivity index (χ3n) is 1.51. The third kappa shape index (κ3) is 1.98. The van der Waals surface area contributed by atoms with E-state index in [1.54, 1.807) is 19.2 Å². The van der Waals surface area contributed by atoms with E-state index in [0.29, 0.717) is 5.15 Å². The summed E-state index contributed by atoms with van der Waals surface area (Å²) in [6.45, 7) is 1.76. The summed E-state index contributed by atoms with van der Waals surface area (Å²) in [7, 11) is 0. The van der Waals surface area contributed by atoms with E-state index in [-0.39, 0.29) is 12.5 Å². The minimum atomic E-state index is -0.853. The van der Waals surface area contributed by atoms with Crippen LogP contribution in [-0.2, 0) is 4.79 Å². The van der Waals surface area contributed by atoms with Gasteiger partial charge < -0.3 is 5.11 Å². The molecule has 1 N–H and O–H groups in total. The lowest BCUT2D eigenvalue weighted by Gasteiger charge is -2.09. The van der Waals surface area contributed by atoms with Gasteiger partial charge in [0.25, 0.3) is 0 Å². The van der Waals surface area contributed by atoms with Gasteiger partial charge in [-0.2, -0.15) is 5.10 Å². The van der Waals surface area contributed by atoms with E-state index < -0.39 is 5.97 Å². The van der Waals surface area contributed by atoms with Gasteiger partial charge in [-0.3, -0.25) is 9.48 Å². The number of carboxylic acid groups (broad SMARTS) is 1. The third-order valence-corrected chi connectivity index (χ3v) is 1.81. The Kier molecular flexibility index (Phi) is 2.70. The van der Waals surface area contributed by atoms with Gasteiger partial charge in [-0.25, -0.2) is 0 Å². The molecule has 1 aromatic heterocycles. The van der Waals surface area contributed by atoms with Crippen molar-refractivity contribution in [1.29, 1.82) is 0 Å². The molecule has 0 aliphatic rings. The van der Waals surface area contributed by atoms with Gasteiger partial charge in [0.15, 0.2) is 0 Å². The average molecular weight is 189 g/mol. The van der Waals surface area contributed by atoms with Crippen molar-refractivity contribution < 1.29 is 9.90 Å². The van der Waals surface area contributed by atoms with Gasteiger partial charge in [0.1, 0.15) is 5.15 Å². The van der Waals surface area contributed by atoms with Crippen LogP contribution in [0.3, 0.4) is 0 Å². The summed E-state index contributed by atoms with van der Waals surface area (Å²) in [5, 5.41) is 12.8. The predicted molar refractivity (Wildman–Crippen MR) is 44.2 cm³/mol. The fourth-order valence-corrected chi connectivity index (χ4v) is 1.23. The second-order valence-electron chi connectivity index (χ2n) is 2.55. The first-order chi connectivity index (χ1) is 5.61. The summed E-state index contributed by atoms with van der Waals surface area (Å²) >= 11 is 5.73.